The molecular formula is C7H6F3NOS2. The summed E-state index contributed by atoms with van der Waals surface area (Å²) < 4.78 is 35.1. The number of carbonyl (C=O) groups is 1. The van der Waals surface area contributed by atoms with E-state index < -0.39 is 18.6 Å². The minimum atomic E-state index is -4.38. The van der Waals surface area contributed by atoms with Crippen molar-refractivity contribution < 1.29 is 18.0 Å². The lowest BCUT2D eigenvalue weighted by Gasteiger charge is -2.06. The number of rotatable bonds is 2. The molecule has 0 fully saturated rings. The quantitative estimate of drug-likeness (QED) is 0.764. The molecule has 1 N–H and O–H groups in total. The lowest BCUT2D eigenvalue weighted by Crippen LogP contribution is -2.33. The SMILES string of the molecule is O=C(NCC(F)(F)F)c1cc(S)cs1. The van der Waals surface area contributed by atoms with Crippen molar-refractivity contribution in [2.75, 3.05) is 6.54 Å². The van der Waals surface area contributed by atoms with E-state index in [1.807, 2.05) is 0 Å². The molecule has 0 bridgehead atoms. The predicted octanol–water partition coefficient (Wildman–Crippen LogP) is 2.33. The predicted molar refractivity (Wildman–Crippen MR) is 50.0 cm³/mol. The van der Waals surface area contributed by atoms with Crippen molar-refractivity contribution in [1.82, 2.24) is 5.32 Å². The third-order valence-corrected chi connectivity index (χ3v) is 2.62. The number of thiophene rings is 1. The van der Waals surface area contributed by atoms with E-state index in [1.54, 1.807) is 10.7 Å². The fourth-order valence-corrected chi connectivity index (χ4v) is 1.78. The first-order chi connectivity index (χ1) is 6.38. The molecule has 78 valence electrons. The molecule has 0 atom stereocenters. The van der Waals surface area contributed by atoms with E-state index in [9.17, 15) is 18.0 Å². The highest BCUT2D eigenvalue weighted by Gasteiger charge is 2.28. The number of amides is 1. The lowest BCUT2D eigenvalue weighted by molar-refractivity contribution is -0.123. The van der Waals surface area contributed by atoms with E-state index in [-0.39, 0.29) is 4.88 Å². The van der Waals surface area contributed by atoms with Gasteiger partial charge in [0.05, 0.1) is 4.88 Å². The summed E-state index contributed by atoms with van der Waals surface area (Å²) in [6.45, 7) is -1.31. The molecule has 1 heterocycles. The Balaban J connectivity index is 2.52. The fraction of sp³-hybridized carbons (Fsp3) is 0.286. The summed E-state index contributed by atoms with van der Waals surface area (Å²) >= 11 is 4.99. The number of carbonyl (C=O) groups excluding carboxylic acids is 1. The average Bonchev–Trinajstić information content (AvgIpc) is 2.46. The van der Waals surface area contributed by atoms with Crippen LogP contribution in [0.4, 0.5) is 13.2 Å². The molecule has 2 nitrogen and oxygen atoms in total. The molecule has 0 aromatic carbocycles. The van der Waals surface area contributed by atoms with Gasteiger partial charge in [0.15, 0.2) is 0 Å². The number of thiol groups is 1. The van der Waals surface area contributed by atoms with Gasteiger partial charge in [0.25, 0.3) is 5.91 Å². The Labute approximate surface area is 87.5 Å². The van der Waals surface area contributed by atoms with Crippen molar-refractivity contribution in [3.05, 3.63) is 16.3 Å². The van der Waals surface area contributed by atoms with Crippen molar-refractivity contribution in [2.24, 2.45) is 0 Å². The first kappa shape index (κ1) is 11.4. The zero-order valence-electron chi connectivity index (χ0n) is 6.76. The van der Waals surface area contributed by atoms with Gasteiger partial charge in [-0.1, -0.05) is 0 Å². The van der Waals surface area contributed by atoms with Crippen LogP contribution in [0.25, 0.3) is 0 Å². The second kappa shape index (κ2) is 4.22. The zero-order valence-corrected chi connectivity index (χ0v) is 8.47. The van der Waals surface area contributed by atoms with Crippen LogP contribution >= 0.6 is 24.0 Å². The standard InChI is InChI=1S/C7H6F3NOS2/c8-7(9,10)3-11-6(12)5-1-4(13)2-14-5/h1-2,13H,3H2,(H,11,12). The monoisotopic (exact) mass is 241 g/mol. The number of alkyl halides is 3. The van der Waals surface area contributed by atoms with Crippen LogP contribution in [0.5, 0.6) is 0 Å². The topological polar surface area (TPSA) is 29.1 Å². The van der Waals surface area contributed by atoms with E-state index in [0.29, 0.717) is 4.90 Å². The van der Waals surface area contributed by atoms with Crippen LogP contribution in [-0.2, 0) is 0 Å². The van der Waals surface area contributed by atoms with Crippen LogP contribution in [0.3, 0.4) is 0 Å². The highest BCUT2D eigenvalue weighted by Crippen LogP contribution is 2.18. The minimum absolute atomic E-state index is 0.222. The Morgan fingerprint density at radius 3 is 2.64 bits per heavy atom. The minimum Gasteiger partial charge on any atom is -0.342 e. The Morgan fingerprint density at radius 1 is 1.57 bits per heavy atom. The molecule has 0 spiro atoms. The van der Waals surface area contributed by atoms with Crippen LogP contribution in [0.2, 0.25) is 0 Å². The van der Waals surface area contributed by atoms with Gasteiger partial charge in [-0.25, -0.2) is 0 Å². The van der Waals surface area contributed by atoms with Gasteiger partial charge in [-0.2, -0.15) is 13.2 Å². The second-order valence-electron chi connectivity index (χ2n) is 2.47. The summed E-state index contributed by atoms with van der Waals surface area (Å²) in [5.74, 6) is -0.729. The van der Waals surface area contributed by atoms with Gasteiger partial charge in [0, 0.05) is 10.3 Å². The number of nitrogens with one attached hydrogen (secondary N) is 1. The maximum absolute atomic E-state index is 11.7. The summed E-state index contributed by atoms with van der Waals surface area (Å²) in [7, 11) is 0. The molecular weight excluding hydrogens is 235 g/mol. The van der Waals surface area contributed by atoms with Crippen LogP contribution in [0, 0.1) is 0 Å². The number of hydrogen-bond donors (Lipinski definition) is 2. The summed E-state index contributed by atoms with van der Waals surface area (Å²) in [6.07, 6.45) is -4.38. The van der Waals surface area contributed by atoms with Crippen LogP contribution in [-0.4, -0.2) is 18.6 Å². The van der Waals surface area contributed by atoms with Crippen LogP contribution in [0.15, 0.2) is 16.3 Å². The fourth-order valence-electron chi connectivity index (χ4n) is 0.713. The first-order valence-corrected chi connectivity index (χ1v) is 4.83. The highest BCUT2D eigenvalue weighted by molar-refractivity contribution is 7.80. The first-order valence-electron chi connectivity index (χ1n) is 3.51. The van der Waals surface area contributed by atoms with Crippen molar-refractivity contribution in [3.8, 4) is 0 Å². The molecule has 7 heteroatoms. The van der Waals surface area contributed by atoms with E-state index in [2.05, 4.69) is 12.6 Å². The third-order valence-electron chi connectivity index (χ3n) is 1.26. The molecule has 14 heavy (non-hydrogen) atoms. The normalized spacial score (nSPS) is 11.4. The maximum Gasteiger partial charge on any atom is 0.405 e. The highest BCUT2D eigenvalue weighted by atomic mass is 32.1. The zero-order chi connectivity index (χ0) is 10.8. The molecule has 0 saturated heterocycles. The molecule has 0 unspecified atom stereocenters. The van der Waals surface area contributed by atoms with Gasteiger partial charge in [0.1, 0.15) is 6.54 Å². The van der Waals surface area contributed by atoms with Crippen molar-refractivity contribution in [2.45, 2.75) is 11.1 Å². The van der Waals surface area contributed by atoms with E-state index in [0.717, 1.165) is 11.3 Å². The summed E-state index contributed by atoms with van der Waals surface area (Å²) in [4.78, 5) is 11.9. The third kappa shape index (κ3) is 3.59. The Kier molecular flexibility index (Phi) is 3.43. The molecule has 1 aromatic rings. The molecule has 0 aliphatic carbocycles. The van der Waals surface area contributed by atoms with Crippen LogP contribution < -0.4 is 5.32 Å². The molecule has 1 aromatic heterocycles. The molecule has 0 aliphatic rings. The number of hydrogen-bond acceptors (Lipinski definition) is 3. The Morgan fingerprint density at radius 2 is 2.21 bits per heavy atom. The molecule has 0 radical (unpaired) electrons. The Bertz CT molecular complexity index is 334. The van der Waals surface area contributed by atoms with Gasteiger partial charge >= 0.3 is 6.18 Å². The van der Waals surface area contributed by atoms with Gasteiger partial charge in [-0.15, -0.1) is 24.0 Å². The average molecular weight is 241 g/mol. The van der Waals surface area contributed by atoms with E-state index >= 15 is 0 Å². The van der Waals surface area contributed by atoms with Crippen molar-refractivity contribution >= 4 is 29.9 Å². The van der Waals surface area contributed by atoms with Gasteiger partial charge < -0.3 is 5.32 Å². The lowest BCUT2D eigenvalue weighted by atomic mass is 10.4. The second-order valence-corrected chi connectivity index (χ2v) is 3.89. The van der Waals surface area contributed by atoms with Crippen LogP contribution in [0.1, 0.15) is 9.67 Å². The van der Waals surface area contributed by atoms with E-state index in [1.165, 1.54) is 6.07 Å². The van der Waals surface area contributed by atoms with Gasteiger partial charge in [-0.3, -0.25) is 4.79 Å². The maximum atomic E-state index is 11.7. The molecule has 0 aliphatic heterocycles. The summed E-state index contributed by atoms with van der Waals surface area (Å²) in [5.41, 5.74) is 0. The smallest absolute Gasteiger partial charge is 0.342 e. The van der Waals surface area contributed by atoms with Crippen molar-refractivity contribution in [1.29, 1.82) is 0 Å². The van der Waals surface area contributed by atoms with Gasteiger partial charge in [-0.05, 0) is 6.07 Å². The summed E-state index contributed by atoms with van der Waals surface area (Å²) in [6, 6.07) is 1.42. The Hall–Kier alpha value is -0.690. The van der Waals surface area contributed by atoms with E-state index in [4.69, 9.17) is 0 Å². The largest absolute Gasteiger partial charge is 0.405 e. The van der Waals surface area contributed by atoms with Crippen molar-refractivity contribution in [3.63, 3.8) is 0 Å². The molecule has 0 saturated carbocycles. The molecule has 1 amide bonds. The molecule has 1 rings (SSSR count). The number of halogens is 3. The van der Waals surface area contributed by atoms with Gasteiger partial charge in [0.2, 0.25) is 0 Å². The summed E-state index contributed by atoms with van der Waals surface area (Å²) in [5, 5.41) is 3.34.